The first-order valence-corrected chi connectivity index (χ1v) is 7.88. The number of carbonyl (C=O) groups is 1. The SMILES string of the molecule is CCOCCNC(=O)c1cc(S(=O)(=O)Cl)cc(F)c1F. The lowest BCUT2D eigenvalue weighted by atomic mass is 10.2. The number of nitrogens with one attached hydrogen (secondary N) is 1. The highest BCUT2D eigenvalue weighted by molar-refractivity contribution is 8.13. The lowest BCUT2D eigenvalue weighted by Crippen LogP contribution is -2.28. The first-order chi connectivity index (χ1) is 9.27. The second-order valence-corrected chi connectivity index (χ2v) is 6.22. The lowest BCUT2D eigenvalue weighted by molar-refractivity contribution is 0.0917. The van der Waals surface area contributed by atoms with Gasteiger partial charge >= 0.3 is 0 Å². The molecule has 20 heavy (non-hydrogen) atoms. The van der Waals surface area contributed by atoms with Crippen LogP contribution in [0.15, 0.2) is 17.0 Å². The number of hydrogen-bond acceptors (Lipinski definition) is 4. The van der Waals surface area contributed by atoms with Crippen LogP contribution >= 0.6 is 10.7 Å². The summed E-state index contributed by atoms with van der Waals surface area (Å²) in [6.45, 7) is 2.47. The van der Waals surface area contributed by atoms with Crippen LogP contribution in [0.3, 0.4) is 0 Å². The Morgan fingerprint density at radius 2 is 2.05 bits per heavy atom. The summed E-state index contributed by atoms with van der Waals surface area (Å²) in [5.41, 5.74) is -0.735. The summed E-state index contributed by atoms with van der Waals surface area (Å²) in [6, 6.07) is 1.09. The van der Waals surface area contributed by atoms with Crippen molar-refractivity contribution in [1.82, 2.24) is 5.32 Å². The summed E-state index contributed by atoms with van der Waals surface area (Å²) in [4.78, 5) is 11.0. The molecule has 1 aromatic carbocycles. The van der Waals surface area contributed by atoms with Crippen molar-refractivity contribution in [2.45, 2.75) is 11.8 Å². The van der Waals surface area contributed by atoms with Gasteiger partial charge in [0.25, 0.3) is 15.0 Å². The van der Waals surface area contributed by atoms with E-state index in [0.29, 0.717) is 18.7 Å². The van der Waals surface area contributed by atoms with Crippen molar-refractivity contribution < 1.29 is 26.7 Å². The van der Waals surface area contributed by atoms with Gasteiger partial charge in [-0.25, -0.2) is 17.2 Å². The Kier molecular flexibility index (Phi) is 5.85. The monoisotopic (exact) mass is 327 g/mol. The predicted octanol–water partition coefficient (Wildman–Crippen LogP) is 1.66. The Bertz CT molecular complexity index is 607. The molecule has 0 bridgehead atoms. The number of carbonyl (C=O) groups excluding carboxylic acids is 1. The zero-order valence-corrected chi connectivity index (χ0v) is 12.0. The van der Waals surface area contributed by atoms with Crippen LogP contribution < -0.4 is 5.32 Å². The number of amides is 1. The summed E-state index contributed by atoms with van der Waals surface area (Å²) >= 11 is 0. The van der Waals surface area contributed by atoms with Gasteiger partial charge in [-0.15, -0.1) is 0 Å². The van der Waals surface area contributed by atoms with Crippen molar-refractivity contribution in [3.05, 3.63) is 29.3 Å². The number of ether oxygens (including phenoxy) is 1. The first kappa shape index (κ1) is 16.8. The summed E-state index contributed by atoms with van der Waals surface area (Å²) in [7, 11) is 0.770. The van der Waals surface area contributed by atoms with Gasteiger partial charge < -0.3 is 10.1 Å². The molecule has 0 unspecified atom stereocenters. The molecule has 0 atom stereocenters. The second-order valence-electron chi connectivity index (χ2n) is 3.66. The van der Waals surface area contributed by atoms with E-state index in [1.54, 1.807) is 6.92 Å². The molecule has 0 saturated heterocycles. The Morgan fingerprint density at radius 3 is 2.60 bits per heavy atom. The molecule has 0 heterocycles. The van der Waals surface area contributed by atoms with Gasteiger partial charge in [-0.3, -0.25) is 4.79 Å². The average molecular weight is 328 g/mol. The van der Waals surface area contributed by atoms with Crippen LogP contribution in [0.4, 0.5) is 8.78 Å². The largest absolute Gasteiger partial charge is 0.380 e. The van der Waals surface area contributed by atoms with Crippen molar-refractivity contribution in [2.75, 3.05) is 19.8 Å². The average Bonchev–Trinajstić information content (AvgIpc) is 2.36. The van der Waals surface area contributed by atoms with Crippen LogP contribution in [0, 0.1) is 11.6 Å². The third kappa shape index (κ3) is 4.39. The van der Waals surface area contributed by atoms with Gasteiger partial charge in [-0.2, -0.15) is 0 Å². The molecule has 1 N–H and O–H groups in total. The molecule has 1 rings (SSSR count). The standard InChI is InChI=1S/C11H12ClF2NO4S/c1-2-19-4-3-15-11(16)8-5-7(20(12,17)18)6-9(13)10(8)14/h5-6H,2-4H2,1H3,(H,15,16). The van der Waals surface area contributed by atoms with E-state index < -0.39 is 37.1 Å². The van der Waals surface area contributed by atoms with Crippen LogP contribution in [0.5, 0.6) is 0 Å². The highest BCUT2D eigenvalue weighted by Gasteiger charge is 2.21. The van der Waals surface area contributed by atoms with Crippen molar-refractivity contribution in [3.63, 3.8) is 0 Å². The molecule has 0 aromatic heterocycles. The van der Waals surface area contributed by atoms with E-state index in [9.17, 15) is 22.0 Å². The van der Waals surface area contributed by atoms with Crippen LogP contribution in [0.1, 0.15) is 17.3 Å². The molecule has 0 aliphatic carbocycles. The van der Waals surface area contributed by atoms with E-state index in [0.717, 1.165) is 0 Å². The highest BCUT2D eigenvalue weighted by Crippen LogP contribution is 2.21. The minimum absolute atomic E-state index is 0.0750. The number of hydrogen-bond donors (Lipinski definition) is 1. The number of benzene rings is 1. The Balaban J connectivity index is 2.99. The number of rotatable bonds is 6. The van der Waals surface area contributed by atoms with Gasteiger partial charge in [0.1, 0.15) is 0 Å². The van der Waals surface area contributed by atoms with E-state index in [-0.39, 0.29) is 13.2 Å². The zero-order valence-electron chi connectivity index (χ0n) is 10.5. The van der Waals surface area contributed by atoms with Gasteiger partial charge in [0.2, 0.25) is 0 Å². The van der Waals surface area contributed by atoms with E-state index in [4.69, 9.17) is 15.4 Å². The minimum Gasteiger partial charge on any atom is -0.380 e. The zero-order chi connectivity index (χ0) is 15.3. The molecule has 0 aliphatic heterocycles. The Morgan fingerprint density at radius 1 is 1.40 bits per heavy atom. The fourth-order valence-corrected chi connectivity index (χ4v) is 2.12. The molecule has 9 heteroatoms. The van der Waals surface area contributed by atoms with Crippen molar-refractivity contribution >= 4 is 25.6 Å². The summed E-state index contributed by atoms with van der Waals surface area (Å²) in [5.74, 6) is -3.87. The molecule has 1 amide bonds. The second kappa shape index (κ2) is 6.96. The predicted molar refractivity (Wildman–Crippen MR) is 68.2 cm³/mol. The third-order valence-electron chi connectivity index (χ3n) is 2.26. The van der Waals surface area contributed by atoms with Crippen molar-refractivity contribution in [2.24, 2.45) is 0 Å². The quantitative estimate of drug-likeness (QED) is 0.637. The maximum absolute atomic E-state index is 13.5. The molecule has 0 aliphatic rings. The van der Waals surface area contributed by atoms with Gasteiger partial charge in [0.15, 0.2) is 11.6 Å². The molecule has 0 saturated carbocycles. The normalized spacial score (nSPS) is 11.4. The van der Waals surface area contributed by atoms with Gasteiger partial charge in [0.05, 0.1) is 17.1 Å². The van der Waals surface area contributed by atoms with Crippen molar-refractivity contribution in [1.29, 1.82) is 0 Å². The molecule has 0 spiro atoms. The molecular weight excluding hydrogens is 316 g/mol. The van der Waals surface area contributed by atoms with Gasteiger partial charge in [-0.05, 0) is 19.1 Å². The summed E-state index contributed by atoms with van der Waals surface area (Å²) in [6.07, 6.45) is 0. The maximum atomic E-state index is 13.5. The minimum atomic E-state index is -4.27. The molecular formula is C11H12ClF2NO4S. The lowest BCUT2D eigenvalue weighted by Gasteiger charge is -2.08. The van der Waals surface area contributed by atoms with Gasteiger partial charge in [0, 0.05) is 23.8 Å². The fraction of sp³-hybridized carbons (Fsp3) is 0.364. The van der Waals surface area contributed by atoms with Crippen LogP contribution in [0.2, 0.25) is 0 Å². The van der Waals surface area contributed by atoms with Gasteiger partial charge in [-0.1, -0.05) is 0 Å². The summed E-state index contributed by atoms with van der Waals surface area (Å²) in [5, 5.41) is 2.27. The molecule has 1 aromatic rings. The van der Waals surface area contributed by atoms with Crippen molar-refractivity contribution in [3.8, 4) is 0 Å². The molecule has 0 radical (unpaired) electrons. The third-order valence-corrected chi connectivity index (χ3v) is 3.60. The number of halogens is 3. The smallest absolute Gasteiger partial charge is 0.261 e. The molecule has 112 valence electrons. The van der Waals surface area contributed by atoms with Crippen LogP contribution in [-0.4, -0.2) is 34.1 Å². The van der Waals surface area contributed by atoms with E-state index >= 15 is 0 Å². The molecule has 5 nitrogen and oxygen atoms in total. The van der Waals surface area contributed by atoms with Crippen LogP contribution in [0.25, 0.3) is 0 Å². The Labute approximate surface area is 119 Å². The highest BCUT2D eigenvalue weighted by atomic mass is 35.7. The first-order valence-electron chi connectivity index (χ1n) is 5.57. The Hall–Kier alpha value is -1.25. The maximum Gasteiger partial charge on any atom is 0.261 e. The van der Waals surface area contributed by atoms with Crippen LogP contribution in [-0.2, 0) is 13.8 Å². The molecule has 0 fully saturated rings. The summed E-state index contributed by atoms with van der Waals surface area (Å²) < 4.78 is 53.9. The topological polar surface area (TPSA) is 72.5 Å². The fourth-order valence-electron chi connectivity index (χ4n) is 1.35. The van der Waals surface area contributed by atoms with E-state index in [1.807, 2.05) is 0 Å². The van der Waals surface area contributed by atoms with E-state index in [2.05, 4.69) is 5.32 Å². The van der Waals surface area contributed by atoms with E-state index in [1.165, 1.54) is 0 Å².